The molecule has 2 atom stereocenters. The van der Waals surface area contributed by atoms with Crippen molar-refractivity contribution < 1.29 is 14.6 Å². The number of hydrogen-bond donors (Lipinski definition) is 1. The third kappa shape index (κ3) is 2.14. The molecule has 2 aromatic rings. The van der Waals surface area contributed by atoms with Crippen molar-refractivity contribution in [2.75, 3.05) is 0 Å². The fraction of sp³-hybridized carbons (Fsp3) is 0.286. The molecule has 0 saturated heterocycles. The third-order valence-corrected chi connectivity index (χ3v) is 3.66. The lowest BCUT2D eigenvalue weighted by Crippen LogP contribution is -2.35. The normalized spacial score (nSPS) is 21.1. The Kier molecular flexibility index (Phi) is 3.14. The lowest BCUT2D eigenvalue weighted by molar-refractivity contribution is -0.147. The van der Waals surface area contributed by atoms with Gasteiger partial charge in [-0.3, -0.25) is 0 Å². The number of rotatable bonds is 2. The van der Waals surface area contributed by atoms with Crippen LogP contribution in [0.5, 0.6) is 5.88 Å². The molecule has 0 aliphatic carbocycles. The second kappa shape index (κ2) is 4.83. The Morgan fingerprint density at radius 3 is 2.80 bits per heavy atom. The highest BCUT2D eigenvalue weighted by molar-refractivity contribution is 6.30. The van der Waals surface area contributed by atoms with E-state index in [9.17, 15) is 4.79 Å². The summed E-state index contributed by atoms with van der Waals surface area (Å²) in [5.41, 5.74) is 1.67. The lowest BCUT2D eigenvalue weighted by Gasteiger charge is -2.27. The molecular weight excluding hydrogens is 280 g/mol. The molecule has 1 aromatic carbocycles. The van der Waals surface area contributed by atoms with E-state index in [2.05, 4.69) is 5.10 Å². The van der Waals surface area contributed by atoms with Crippen molar-refractivity contribution in [3.05, 3.63) is 35.5 Å². The summed E-state index contributed by atoms with van der Waals surface area (Å²) in [7, 11) is 0. The van der Waals surface area contributed by atoms with Crippen LogP contribution in [-0.2, 0) is 4.79 Å². The summed E-state index contributed by atoms with van der Waals surface area (Å²) in [6, 6.07) is 7.27. The average Bonchev–Trinajstić information content (AvgIpc) is 2.84. The van der Waals surface area contributed by atoms with Crippen LogP contribution in [0.25, 0.3) is 11.1 Å². The third-order valence-electron chi connectivity index (χ3n) is 3.41. The van der Waals surface area contributed by atoms with Crippen molar-refractivity contribution in [1.82, 2.24) is 9.78 Å². The van der Waals surface area contributed by atoms with Crippen molar-refractivity contribution in [3.63, 3.8) is 0 Å². The van der Waals surface area contributed by atoms with Gasteiger partial charge in [0, 0.05) is 11.4 Å². The van der Waals surface area contributed by atoms with E-state index in [1.54, 1.807) is 23.0 Å². The molecule has 6 heteroatoms. The van der Waals surface area contributed by atoms with Gasteiger partial charge in [-0.15, -0.1) is 0 Å². The molecule has 1 aromatic heterocycles. The minimum absolute atomic E-state index is 0.0131. The van der Waals surface area contributed by atoms with E-state index < -0.39 is 12.1 Å². The predicted molar refractivity (Wildman–Crippen MR) is 74.1 cm³/mol. The molecule has 0 spiro atoms. The number of nitrogens with zero attached hydrogens (tertiary/aromatic N) is 2. The van der Waals surface area contributed by atoms with Crippen molar-refractivity contribution in [2.24, 2.45) is 0 Å². The molecule has 5 nitrogen and oxygen atoms in total. The van der Waals surface area contributed by atoms with Gasteiger partial charge in [0.25, 0.3) is 0 Å². The van der Waals surface area contributed by atoms with Crippen LogP contribution in [0.2, 0.25) is 5.02 Å². The number of hydrogen-bond acceptors (Lipinski definition) is 3. The number of aromatic nitrogens is 2. The number of carboxylic acid groups (broad SMARTS) is 1. The van der Waals surface area contributed by atoms with Crippen LogP contribution in [0.3, 0.4) is 0 Å². The molecule has 104 valence electrons. The topological polar surface area (TPSA) is 64.3 Å². The average molecular weight is 293 g/mol. The zero-order valence-corrected chi connectivity index (χ0v) is 11.5. The largest absolute Gasteiger partial charge is 0.479 e. The maximum Gasteiger partial charge on any atom is 0.345 e. The van der Waals surface area contributed by atoms with Gasteiger partial charge < -0.3 is 9.84 Å². The maximum absolute atomic E-state index is 11.2. The van der Waals surface area contributed by atoms with Crippen LogP contribution < -0.4 is 4.74 Å². The number of aliphatic carboxylic acids is 1. The first-order chi connectivity index (χ1) is 9.56. The second-order valence-electron chi connectivity index (χ2n) is 4.84. The van der Waals surface area contributed by atoms with Gasteiger partial charge in [0.05, 0.1) is 17.8 Å². The Balaban J connectivity index is 2.03. The molecule has 3 rings (SSSR count). The molecule has 0 radical (unpaired) electrons. The highest BCUT2D eigenvalue weighted by Gasteiger charge is 2.32. The lowest BCUT2D eigenvalue weighted by atomic mass is 10.1. The molecule has 0 saturated carbocycles. The molecule has 1 N–H and O–H groups in total. The molecule has 1 aliphatic rings. The van der Waals surface area contributed by atoms with Gasteiger partial charge >= 0.3 is 5.97 Å². The Morgan fingerprint density at radius 1 is 1.45 bits per heavy atom. The number of halogens is 1. The predicted octanol–water partition coefficient (Wildman–Crippen LogP) is 3.00. The summed E-state index contributed by atoms with van der Waals surface area (Å²) in [5, 5.41) is 14.1. The van der Waals surface area contributed by atoms with Crippen LogP contribution in [0.1, 0.15) is 19.4 Å². The summed E-state index contributed by atoms with van der Waals surface area (Å²) < 4.78 is 7.31. The molecule has 2 unspecified atom stereocenters. The van der Waals surface area contributed by atoms with Crippen molar-refractivity contribution >= 4 is 17.6 Å². The molecule has 1 aliphatic heterocycles. The van der Waals surface area contributed by atoms with Crippen molar-refractivity contribution in [2.45, 2.75) is 25.5 Å². The van der Waals surface area contributed by atoms with E-state index in [0.717, 1.165) is 11.1 Å². The van der Waals surface area contributed by atoms with E-state index in [1.165, 1.54) is 0 Å². The first-order valence-electron chi connectivity index (χ1n) is 6.29. The van der Waals surface area contributed by atoms with Crippen LogP contribution in [0.4, 0.5) is 0 Å². The fourth-order valence-electron chi connectivity index (χ4n) is 2.35. The van der Waals surface area contributed by atoms with Gasteiger partial charge in [-0.2, -0.15) is 5.10 Å². The van der Waals surface area contributed by atoms with Crippen LogP contribution >= 0.6 is 11.6 Å². The molecule has 20 heavy (non-hydrogen) atoms. The standard InChI is InChI=1S/C14H13ClN2O3/c1-8-6-12(14(18)19)20-13-11(7-16-17(8)13)9-2-4-10(15)5-3-9/h2-5,7-8,12H,6H2,1H3,(H,18,19). The summed E-state index contributed by atoms with van der Waals surface area (Å²) >= 11 is 5.87. The molecule has 0 amide bonds. The van der Waals surface area contributed by atoms with E-state index in [1.807, 2.05) is 19.1 Å². The minimum Gasteiger partial charge on any atom is -0.479 e. The second-order valence-corrected chi connectivity index (χ2v) is 5.28. The zero-order valence-electron chi connectivity index (χ0n) is 10.8. The van der Waals surface area contributed by atoms with Gasteiger partial charge in [0.1, 0.15) is 0 Å². The summed E-state index contributed by atoms with van der Waals surface area (Å²) in [6.07, 6.45) is 1.27. The summed E-state index contributed by atoms with van der Waals surface area (Å²) in [5.74, 6) is -0.454. The quantitative estimate of drug-likeness (QED) is 0.924. The van der Waals surface area contributed by atoms with Gasteiger partial charge in [-0.25, -0.2) is 9.48 Å². The molecular formula is C14H13ClN2O3. The van der Waals surface area contributed by atoms with E-state index in [4.69, 9.17) is 21.4 Å². The van der Waals surface area contributed by atoms with Gasteiger partial charge in [-0.05, 0) is 24.6 Å². The highest BCUT2D eigenvalue weighted by atomic mass is 35.5. The Labute approximate surface area is 120 Å². The summed E-state index contributed by atoms with van der Waals surface area (Å²) in [6.45, 7) is 1.93. The first kappa shape index (κ1) is 13.0. The molecule has 0 bridgehead atoms. The Hall–Kier alpha value is -2.01. The van der Waals surface area contributed by atoms with Crippen molar-refractivity contribution in [1.29, 1.82) is 0 Å². The zero-order chi connectivity index (χ0) is 14.3. The first-order valence-corrected chi connectivity index (χ1v) is 6.67. The number of benzene rings is 1. The van der Waals surface area contributed by atoms with Crippen LogP contribution in [0, 0.1) is 0 Å². The number of ether oxygens (including phenoxy) is 1. The van der Waals surface area contributed by atoms with Gasteiger partial charge in [0.2, 0.25) is 5.88 Å². The number of carboxylic acids is 1. The summed E-state index contributed by atoms with van der Waals surface area (Å²) in [4.78, 5) is 11.2. The minimum atomic E-state index is -0.952. The fourth-order valence-corrected chi connectivity index (χ4v) is 2.48. The van der Waals surface area contributed by atoms with E-state index in [0.29, 0.717) is 17.3 Å². The smallest absolute Gasteiger partial charge is 0.345 e. The Morgan fingerprint density at radius 2 is 2.15 bits per heavy atom. The SMILES string of the molecule is CC1CC(C(=O)O)Oc2c(-c3ccc(Cl)cc3)cnn21. The monoisotopic (exact) mass is 292 g/mol. The van der Waals surface area contributed by atoms with E-state index in [-0.39, 0.29) is 6.04 Å². The van der Waals surface area contributed by atoms with Gasteiger partial charge in [-0.1, -0.05) is 23.7 Å². The van der Waals surface area contributed by atoms with Crippen LogP contribution in [-0.4, -0.2) is 27.0 Å². The maximum atomic E-state index is 11.2. The highest BCUT2D eigenvalue weighted by Crippen LogP contribution is 2.37. The molecule has 0 fully saturated rings. The van der Waals surface area contributed by atoms with Crippen molar-refractivity contribution in [3.8, 4) is 17.0 Å². The molecule has 2 heterocycles. The Bertz CT molecular complexity index is 651. The van der Waals surface area contributed by atoms with E-state index >= 15 is 0 Å². The number of carbonyl (C=O) groups is 1. The van der Waals surface area contributed by atoms with Gasteiger partial charge in [0.15, 0.2) is 6.10 Å². The number of fused-ring (bicyclic) bond motifs is 1. The van der Waals surface area contributed by atoms with Crippen LogP contribution in [0.15, 0.2) is 30.5 Å².